The molecule has 2 nitrogen and oxygen atoms in total. The molecule has 0 saturated heterocycles. The molecule has 0 fully saturated rings. The van der Waals surface area contributed by atoms with Crippen LogP contribution in [0.15, 0.2) is 121 Å². The Morgan fingerprint density at radius 1 is 0.429 bits per heavy atom. The zero-order valence-corrected chi connectivity index (χ0v) is 23.1. The Balaban J connectivity index is 0.000000139. The van der Waals surface area contributed by atoms with Crippen molar-refractivity contribution in [2.45, 2.75) is 0 Å². The number of halogens is 4. The van der Waals surface area contributed by atoms with Crippen LogP contribution in [0.3, 0.4) is 0 Å². The minimum absolute atomic E-state index is 1.18. The fourth-order valence-electron chi connectivity index (χ4n) is 3.69. The average Bonchev–Trinajstić information content (AvgIpc) is 3.49. The topological polar surface area (TPSA) is 31.6 Å². The number of hydrogen-bond donors (Lipinski definition) is 2. The fraction of sp³-hybridized carbons (Fsp3) is 0. The largest absolute Gasteiger partial charge is 0.355 e. The van der Waals surface area contributed by atoms with Crippen LogP contribution in [0.2, 0.25) is 0 Å². The van der Waals surface area contributed by atoms with Crippen molar-refractivity contribution in [3.05, 3.63) is 121 Å². The van der Waals surface area contributed by atoms with Gasteiger partial charge in [0.1, 0.15) is 0 Å². The monoisotopic (exact) mass is 574 g/mol. The first-order chi connectivity index (χ1) is 16.9. The normalized spacial score (nSPS) is 10.9. The number of H-pyrrole nitrogens is 2. The van der Waals surface area contributed by atoms with Crippen LogP contribution in [0, 0.1) is 0 Å². The van der Waals surface area contributed by atoms with Crippen molar-refractivity contribution in [2.75, 3.05) is 0 Å². The molecule has 176 valence electrons. The molecule has 0 aliphatic heterocycles. The number of fused-ring (bicyclic) bond motifs is 2. The molecule has 2 aromatic heterocycles. The van der Waals surface area contributed by atoms with E-state index in [0.29, 0.717) is 0 Å². The third-order valence-corrected chi connectivity index (χ3v) is 5.23. The Morgan fingerprint density at radius 2 is 0.743 bits per heavy atom. The molecule has 0 radical (unpaired) electrons. The fourth-order valence-corrected chi connectivity index (χ4v) is 3.69. The molecule has 6 rings (SSSR count). The van der Waals surface area contributed by atoms with Crippen LogP contribution in [0.4, 0.5) is 0 Å². The van der Waals surface area contributed by atoms with E-state index < -0.39 is 12.3 Å². The smallest absolute Gasteiger partial charge is 0.0464 e. The maximum atomic E-state index is 5.01. The molecule has 0 aliphatic carbocycles. The predicted octanol–water partition coefficient (Wildman–Crippen LogP) is 10.4. The van der Waals surface area contributed by atoms with Crippen LogP contribution in [0.5, 0.6) is 0 Å². The molecule has 0 unspecified atom stereocenters. The van der Waals surface area contributed by atoms with Crippen LogP contribution in [0.25, 0.3) is 44.3 Å². The van der Waals surface area contributed by atoms with E-state index in [4.69, 9.17) is 37.2 Å². The number of nitrogens with one attached hydrogen (secondary N) is 2. The summed E-state index contributed by atoms with van der Waals surface area (Å²) in [6.07, 6.45) is 0. The zero-order chi connectivity index (χ0) is 24.7. The molecule has 7 heteroatoms. The summed E-state index contributed by atoms with van der Waals surface area (Å²) < 4.78 is 0. The molecular formula is C28H22Cl4N2Ti. The number of aromatic nitrogens is 2. The minimum atomic E-state index is -3.11. The summed E-state index contributed by atoms with van der Waals surface area (Å²) in [6.45, 7) is 0. The Labute approximate surface area is 223 Å². The Hall–Kier alpha value is -2.17. The molecule has 2 N–H and O–H groups in total. The molecule has 0 bridgehead atoms. The zero-order valence-electron chi connectivity index (χ0n) is 18.6. The molecular weight excluding hydrogens is 554 g/mol. The molecule has 4 aromatic carbocycles. The molecule has 0 spiro atoms. The average molecular weight is 576 g/mol. The first-order valence-electron chi connectivity index (χ1n) is 10.9. The van der Waals surface area contributed by atoms with Gasteiger partial charge >= 0.3 is 49.6 Å². The number of aromatic amines is 2. The van der Waals surface area contributed by atoms with E-state index >= 15 is 0 Å². The van der Waals surface area contributed by atoms with Gasteiger partial charge in [-0.05, 0) is 35.4 Å². The van der Waals surface area contributed by atoms with Crippen LogP contribution in [-0.4, -0.2) is 9.97 Å². The van der Waals surface area contributed by atoms with Crippen LogP contribution in [0.1, 0.15) is 0 Å². The van der Waals surface area contributed by atoms with Gasteiger partial charge in [-0.1, -0.05) is 97.1 Å². The van der Waals surface area contributed by atoms with Crippen molar-refractivity contribution in [3.8, 4) is 22.5 Å². The molecule has 0 saturated carbocycles. The van der Waals surface area contributed by atoms with E-state index in [1.54, 1.807) is 0 Å². The van der Waals surface area contributed by atoms with Gasteiger partial charge in [-0.15, -0.1) is 0 Å². The van der Waals surface area contributed by atoms with Gasteiger partial charge in [-0.25, -0.2) is 0 Å². The van der Waals surface area contributed by atoms with Crippen molar-refractivity contribution in [2.24, 2.45) is 0 Å². The van der Waals surface area contributed by atoms with Gasteiger partial charge in [0.15, 0.2) is 0 Å². The van der Waals surface area contributed by atoms with Gasteiger partial charge in [-0.3, -0.25) is 0 Å². The SMILES string of the molecule is [Cl][Ti]([Cl])([Cl])[Cl].c1ccc(-c2cc3ccccc3[nH]2)cc1.c1ccc(-c2cc3ccccc3[nH]2)cc1. The van der Waals surface area contributed by atoms with Crippen molar-refractivity contribution in [1.29, 1.82) is 0 Å². The molecule has 35 heavy (non-hydrogen) atoms. The van der Waals surface area contributed by atoms with E-state index in [0.717, 1.165) is 0 Å². The number of rotatable bonds is 2. The van der Waals surface area contributed by atoms with E-state index in [2.05, 4.69) is 107 Å². The third-order valence-electron chi connectivity index (χ3n) is 5.23. The van der Waals surface area contributed by atoms with E-state index in [-0.39, 0.29) is 0 Å². The summed E-state index contributed by atoms with van der Waals surface area (Å²) in [7, 11) is 20.1. The predicted molar refractivity (Wildman–Crippen MR) is 151 cm³/mol. The van der Waals surface area contributed by atoms with Gasteiger partial charge in [0.2, 0.25) is 0 Å². The minimum Gasteiger partial charge on any atom is -0.355 e. The quantitative estimate of drug-likeness (QED) is 0.192. The summed E-state index contributed by atoms with van der Waals surface area (Å²) in [4.78, 5) is 6.82. The molecule has 0 atom stereocenters. The standard InChI is InChI=1S/2C14H11N.4ClH.Ti/c2*1-2-6-11(7-3-1)14-10-12-8-4-5-9-13(12)15-14;;;;;/h2*1-10,15H;4*1H;/q;;;;;;+4/p-4. The van der Waals surface area contributed by atoms with E-state index in [1.165, 1.54) is 44.3 Å². The second kappa shape index (κ2) is 12.2. The molecule has 0 aliphatic rings. The first kappa shape index (κ1) is 25.9. The number of para-hydroxylation sites is 2. The van der Waals surface area contributed by atoms with Gasteiger partial charge in [0.05, 0.1) is 0 Å². The summed E-state index contributed by atoms with van der Waals surface area (Å²) in [5.41, 5.74) is 7.20. The van der Waals surface area contributed by atoms with Crippen LogP contribution in [-0.2, 0) is 12.3 Å². The van der Waals surface area contributed by atoms with Crippen molar-refractivity contribution in [1.82, 2.24) is 9.97 Å². The summed E-state index contributed by atoms with van der Waals surface area (Å²) in [5.74, 6) is 0. The Bertz CT molecular complexity index is 1310. The van der Waals surface area contributed by atoms with Gasteiger partial charge in [0, 0.05) is 33.2 Å². The van der Waals surface area contributed by atoms with Crippen LogP contribution >= 0.6 is 37.2 Å². The van der Waals surface area contributed by atoms with Gasteiger partial charge < -0.3 is 9.97 Å². The number of benzene rings is 4. The molecule has 0 amide bonds. The maximum absolute atomic E-state index is 5.01. The summed E-state index contributed by atoms with van der Waals surface area (Å²) in [6, 6.07) is 41.8. The van der Waals surface area contributed by atoms with Crippen molar-refractivity contribution >= 4 is 59.0 Å². The van der Waals surface area contributed by atoms with Crippen molar-refractivity contribution in [3.63, 3.8) is 0 Å². The van der Waals surface area contributed by atoms with E-state index in [1.807, 2.05) is 24.3 Å². The Kier molecular flexibility index (Phi) is 9.02. The molecule has 2 heterocycles. The van der Waals surface area contributed by atoms with Crippen molar-refractivity contribution < 1.29 is 12.3 Å². The first-order valence-corrected chi connectivity index (χ1v) is 19.5. The van der Waals surface area contributed by atoms with Gasteiger partial charge in [-0.2, -0.15) is 0 Å². The second-order valence-corrected chi connectivity index (χ2v) is 23.2. The number of hydrogen-bond acceptors (Lipinski definition) is 0. The van der Waals surface area contributed by atoms with Gasteiger partial charge in [0.25, 0.3) is 0 Å². The van der Waals surface area contributed by atoms with E-state index in [9.17, 15) is 0 Å². The third kappa shape index (κ3) is 7.91. The second-order valence-electron chi connectivity index (χ2n) is 7.70. The molecule has 6 aromatic rings. The summed E-state index contributed by atoms with van der Waals surface area (Å²) >= 11 is -3.11. The summed E-state index contributed by atoms with van der Waals surface area (Å²) in [5, 5.41) is 2.52. The maximum Gasteiger partial charge on any atom is 0.0464 e. The van der Waals surface area contributed by atoms with Crippen LogP contribution < -0.4 is 0 Å². The Morgan fingerprint density at radius 3 is 1.09 bits per heavy atom.